The molecule has 4 N–H and O–H groups in total. The number of anilines is 1. The Morgan fingerprint density at radius 1 is 1.17 bits per heavy atom. The van der Waals surface area contributed by atoms with E-state index in [1.165, 1.54) is 6.20 Å². The first-order valence-electron chi connectivity index (χ1n) is 12.4. The molecule has 3 aromatic rings. The van der Waals surface area contributed by atoms with Gasteiger partial charge >= 0.3 is 6.09 Å². The molecule has 2 atom stereocenters. The van der Waals surface area contributed by atoms with Crippen LogP contribution in [0.1, 0.15) is 64.7 Å². The largest absolute Gasteiger partial charge is 0.444 e. The number of fused-ring (bicyclic) bond motifs is 1. The standard InChI is InChI=1S/C28H37N5O3/c1-26(2,3)36-25(35)30-17-28(6)13-12-22(27(28,4)5)32-23-20(24(29)34)15-31-33-16-19(14-21(23)33)18-10-8-7-9-11-18/h7-11,14-16,22,32H,12-13,17H2,1-6H3,(H2,29,34)(H,30,35)/t22-,28+/m0/s1. The Balaban J connectivity index is 1.62. The van der Waals surface area contributed by atoms with Gasteiger partial charge in [0.25, 0.3) is 5.91 Å². The lowest BCUT2D eigenvalue weighted by atomic mass is 9.67. The number of rotatable bonds is 6. The molecule has 0 spiro atoms. The smallest absolute Gasteiger partial charge is 0.407 e. The number of hydrogen-bond acceptors (Lipinski definition) is 5. The maximum atomic E-state index is 12.4. The molecule has 0 saturated heterocycles. The number of amides is 2. The first-order valence-corrected chi connectivity index (χ1v) is 12.4. The number of carbonyl (C=O) groups is 2. The minimum atomic E-state index is -0.548. The van der Waals surface area contributed by atoms with Gasteiger partial charge in [0.15, 0.2) is 0 Å². The van der Waals surface area contributed by atoms with Crippen molar-refractivity contribution < 1.29 is 14.3 Å². The molecule has 1 saturated carbocycles. The van der Waals surface area contributed by atoms with Gasteiger partial charge in [-0.1, -0.05) is 51.1 Å². The topological polar surface area (TPSA) is 111 Å². The molecule has 0 aliphatic heterocycles. The monoisotopic (exact) mass is 491 g/mol. The highest BCUT2D eigenvalue weighted by molar-refractivity contribution is 6.02. The van der Waals surface area contributed by atoms with Gasteiger partial charge in [-0.15, -0.1) is 0 Å². The molecule has 8 heteroatoms. The highest BCUT2D eigenvalue weighted by Gasteiger charge is 2.52. The number of hydrogen-bond donors (Lipinski definition) is 3. The quantitative estimate of drug-likeness (QED) is 0.437. The molecule has 2 heterocycles. The summed E-state index contributed by atoms with van der Waals surface area (Å²) in [6.07, 6.45) is 4.84. The van der Waals surface area contributed by atoms with Crippen molar-refractivity contribution in [2.75, 3.05) is 11.9 Å². The zero-order chi connectivity index (χ0) is 26.3. The van der Waals surface area contributed by atoms with Crippen LogP contribution in [0, 0.1) is 10.8 Å². The van der Waals surface area contributed by atoms with Crippen LogP contribution in [0.3, 0.4) is 0 Å². The fourth-order valence-electron chi connectivity index (χ4n) is 5.07. The molecular formula is C28H37N5O3. The lowest BCUT2D eigenvalue weighted by Gasteiger charge is -2.42. The van der Waals surface area contributed by atoms with Crippen LogP contribution in [-0.2, 0) is 4.74 Å². The van der Waals surface area contributed by atoms with E-state index in [9.17, 15) is 9.59 Å². The van der Waals surface area contributed by atoms with Gasteiger partial charge in [-0.25, -0.2) is 9.31 Å². The van der Waals surface area contributed by atoms with Crippen LogP contribution in [0.5, 0.6) is 0 Å². The van der Waals surface area contributed by atoms with Crippen molar-refractivity contribution in [3.8, 4) is 11.1 Å². The fraction of sp³-hybridized carbons (Fsp3) is 0.464. The first kappa shape index (κ1) is 25.5. The van der Waals surface area contributed by atoms with Gasteiger partial charge in [-0.3, -0.25) is 4.79 Å². The van der Waals surface area contributed by atoms with Crippen LogP contribution in [0.15, 0.2) is 48.8 Å². The van der Waals surface area contributed by atoms with Gasteiger partial charge in [0.1, 0.15) is 5.60 Å². The third-order valence-corrected chi connectivity index (χ3v) is 7.76. The molecule has 1 aliphatic carbocycles. The van der Waals surface area contributed by atoms with E-state index in [0.29, 0.717) is 17.8 Å². The van der Waals surface area contributed by atoms with Crippen LogP contribution in [-0.4, -0.2) is 39.8 Å². The Morgan fingerprint density at radius 3 is 2.50 bits per heavy atom. The Bertz CT molecular complexity index is 1280. The Kier molecular flexibility index (Phi) is 6.49. The molecule has 36 heavy (non-hydrogen) atoms. The van der Waals surface area contributed by atoms with Gasteiger partial charge in [0.05, 0.1) is 23.0 Å². The van der Waals surface area contributed by atoms with Gasteiger partial charge < -0.3 is 21.1 Å². The average molecular weight is 492 g/mol. The normalized spacial score (nSPS) is 21.3. The molecular weight excluding hydrogens is 454 g/mol. The highest BCUT2D eigenvalue weighted by Crippen LogP contribution is 2.53. The molecule has 2 aromatic heterocycles. The number of alkyl carbamates (subject to hydrolysis) is 1. The van der Waals surface area contributed by atoms with Crippen LogP contribution < -0.4 is 16.4 Å². The molecule has 4 rings (SSSR count). The van der Waals surface area contributed by atoms with Crippen LogP contribution >= 0.6 is 0 Å². The predicted molar refractivity (Wildman–Crippen MR) is 142 cm³/mol. The van der Waals surface area contributed by atoms with Crippen LogP contribution in [0.2, 0.25) is 0 Å². The fourth-order valence-corrected chi connectivity index (χ4v) is 5.07. The number of nitrogens with two attached hydrogens (primary N) is 1. The molecule has 1 aliphatic rings. The van der Waals surface area contributed by atoms with Gasteiger partial charge in [-0.05, 0) is 56.1 Å². The van der Waals surface area contributed by atoms with E-state index < -0.39 is 17.6 Å². The van der Waals surface area contributed by atoms with E-state index in [4.69, 9.17) is 10.5 Å². The maximum Gasteiger partial charge on any atom is 0.407 e. The highest BCUT2D eigenvalue weighted by atomic mass is 16.6. The zero-order valence-corrected chi connectivity index (χ0v) is 22.0. The summed E-state index contributed by atoms with van der Waals surface area (Å²) >= 11 is 0. The minimum absolute atomic E-state index is 0.0438. The average Bonchev–Trinajstić information content (AvgIpc) is 3.32. The Labute approximate surface area is 212 Å². The number of ether oxygens (including phenoxy) is 1. The van der Waals surface area contributed by atoms with E-state index in [1.807, 2.05) is 63.4 Å². The third-order valence-electron chi connectivity index (χ3n) is 7.76. The third kappa shape index (κ3) is 4.90. The lowest BCUT2D eigenvalue weighted by molar-refractivity contribution is 0.0452. The number of aromatic nitrogens is 2. The lowest BCUT2D eigenvalue weighted by Crippen LogP contribution is -2.47. The van der Waals surface area contributed by atoms with Gasteiger partial charge in [0.2, 0.25) is 0 Å². The van der Waals surface area contributed by atoms with E-state index >= 15 is 0 Å². The number of nitrogens with one attached hydrogen (secondary N) is 2. The van der Waals surface area contributed by atoms with E-state index in [0.717, 1.165) is 29.5 Å². The summed E-state index contributed by atoms with van der Waals surface area (Å²) in [4.78, 5) is 24.7. The Hall–Kier alpha value is -3.55. The summed E-state index contributed by atoms with van der Waals surface area (Å²) < 4.78 is 7.22. The van der Waals surface area contributed by atoms with E-state index in [1.54, 1.807) is 4.52 Å². The molecule has 0 bridgehead atoms. The van der Waals surface area contributed by atoms with Crippen molar-refractivity contribution in [3.63, 3.8) is 0 Å². The number of primary amides is 1. The second-order valence-electron chi connectivity index (χ2n) is 11.6. The van der Waals surface area contributed by atoms with Crippen molar-refractivity contribution in [1.82, 2.24) is 14.9 Å². The van der Waals surface area contributed by atoms with Gasteiger partial charge in [-0.2, -0.15) is 5.10 Å². The summed E-state index contributed by atoms with van der Waals surface area (Å²) in [5.41, 5.74) is 8.72. The summed E-state index contributed by atoms with van der Waals surface area (Å²) in [6, 6.07) is 12.1. The van der Waals surface area contributed by atoms with Crippen LogP contribution in [0.25, 0.3) is 16.6 Å². The predicted octanol–water partition coefficient (Wildman–Crippen LogP) is 5.23. The summed E-state index contributed by atoms with van der Waals surface area (Å²) in [7, 11) is 0. The first-order chi connectivity index (χ1) is 16.8. The summed E-state index contributed by atoms with van der Waals surface area (Å²) in [5, 5.41) is 11.1. The van der Waals surface area contributed by atoms with Gasteiger partial charge in [0, 0.05) is 24.3 Å². The molecule has 8 nitrogen and oxygen atoms in total. The van der Waals surface area contributed by atoms with Crippen LogP contribution in [0.4, 0.5) is 10.5 Å². The van der Waals surface area contributed by atoms with E-state index in [2.05, 4.69) is 36.5 Å². The molecule has 1 fully saturated rings. The van der Waals surface area contributed by atoms with Crippen molar-refractivity contribution in [3.05, 3.63) is 54.4 Å². The van der Waals surface area contributed by atoms with Crippen molar-refractivity contribution >= 4 is 23.2 Å². The van der Waals surface area contributed by atoms with Crippen molar-refractivity contribution in [1.29, 1.82) is 0 Å². The number of benzene rings is 1. The SMILES string of the molecule is CC(C)(C)OC(=O)NC[C@@]1(C)CC[C@H](Nc2c(C(N)=O)cnn3cc(-c4ccccc4)cc23)C1(C)C. The summed E-state index contributed by atoms with van der Waals surface area (Å²) in [6.45, 7) is 12.6. The minimum Gasteiger partial charge on any atom is -0.444 e. The van der Waals surface area contributed by atoms with Crippen molar-refractivity contribution in [2.24, 2.45) is 16.6 Å². The second-order valence-corrected chi connectivity index (χ2v) is 11.6. The Morgan fingerprint density at radius 2 is 1.86 bits per heavy atom. The number of nitrogens with zero attached hydrogens (tertiary/aromatic N) is 2. The zero-order valence-electron chi connectivity index (χ0n) is 22.0. The molecule has 1 aromatic carbocycles. The molecule has 2 amide bonds. The van der Waals surface area contributed by atoms with E-state index in [-0.39, 0.29) is 16.9 Å². The molecule has 0 radical (unpaired) electrons. The molecule has 192 valence electrons. The van der Waals surface area contributed by atoms with Crippen molar-refractivity contribution in [2.45, 2.75) is 66.0 Å². The molecule has 0 unspecified atom stereocenters. The second kappa shape index (κ2) is 9.15. The number of carbonyl (C=O) groups excluding carboxylic acids is 2. The maximum absolute atomic E-state index is 12.4. The summed E-state index contributed by atoms with van der Waals surface area (Å²) in [5.74, 6) is -0.528.